The fourth-order valence-corrected chi connectivity index (χ4v) is 1.80. The molecule has 0 aliphatic heterocycles. The smallest absolute Gasteiger partial charge is 0.221 e. The number of halogens is 2. The highest BCUT2D eigenvalue weighted by Gasteiger charge is 2.03. The fourth-order valence-electron chi connectivity index (χ4n) is 1.80. The van der Waals surface area contributed by atoms with E-state index in [-0.39, 0.29) is 35.7 Å². The van der Waals surface area contributed by atoms with Gasteiger partial charge in [0.05, 0.1) is 0 Å². The van der Waals surface area contributed by atoms with E-state index >= 15 is 0 Å². The number of aryl methyl sites for hydroxylation is 1. The lowest BCUT2D eigenvalue weighted by Crippen LogP contribution is -2.39. The molecule has 0 saturated carbocycles. The average Bonchev–Trinajstić information content (AvgIpc) is 2.51. The van der Waals surface area contributed by atoms with Crippen LogP contribution in [-0.2, 0) is 11.3 Å². The number of hydrogen-bond acceptors (Lipinski definition) is 2. The lowest BCUT2D eigenvalue weighted by atomic mass is 10.1. The highest BCUT2D eigenvalue weighted by molar-refractivity contribution is 14.0. The molecule has 1 rings (SSSR count). The van der Waals surface area contributed by atoms with Crippen molar-refractivity contribution >= 4 is 35.8 Å². The van der Waals surface area contributed by atoms with Crippen LogP contribution in [0.1, 0.15) is 30.9 Å². The second-order valence-corrected chi connectivity index (χ2v) is 5.04. The topological polar surface area (TPSA) is 65.5 Å². The fraction of sp³-hybridized carbons (Fsp3) is 0.500. The predicted molar refractivity (Wildman–Crippen MR) is 103 cm³/mol. The number of hydrogen-bond donors (Lipinski definition) is 3. The SMILES string of the molecule is CCCNC(=O)CCNC(=NC)NCc1ccc(C)c(F)c1.I. The molecule has 5 nitrogen and oxygen atoms in total. The molecule has 0 saturated heterocycles. The summed E-state index contributed by atoms with van der Waals surface area (Å²) in [6.07, 6.45) is 1.31. The first-order valence-corrected chi connectivity index (χ1v) is 7.53. The Balaban J connectivity index is 0.00000484. The summed E-state index contributed by atoms with van der Waals surface area (Å²) in [5, 5.41) is 8.96. The van der Waals surface area contributed by atoms with E-state index in [0.717, 1.165) is 12.0 Å². The molecule has 0 heterocycles. The third-order valence-electron chi connectivity index (χ3n) is 3.14. The monoisotopic (exact) mass is 436 g/mol. The van der Waals surface area contributed by atoms with Crippen molar-refractivity contribution in [1.82, 2.24) is 16.0 Å². The number of nitrogens with one attached hydrogen (secondary N) is 3. The molecular weight excluding hydrogens is 410 g/mol. The van der Waals surface area contributed by atoms with Crippen LogP contribution in [0.5, 0.6) is 0 Å². The van der Waals surface area contributed by atoms with Crippen LogP contribution in [0.4, 0.5) is 4.39 Å². The Morgan fingerprint density at radius 3 is 2.57 bits per heavy atom. The van der Waals surface area contributed by atoms with Gasteiger partial charge >= 0.3 is 0 Å². The van der Waals surface area contributed by atoms with Crippen LogP contribution in [0.15, 0.2) is 23.2 Å². The number of nitrogens with zero attached hydrogens (tertiary/aromatic N) is 1. The second kappa shape index (κ2) is 12.1. The van der Waals surface area contributed by atoms with Gasteiger partial charge in [-0.1, -0.05) is 19.1 Å². The largest absolute Gasteiger partial charge is 0.356 e. The van der Waals surface area contributed by atoms with Gasteiger partial charge in [0.1, 0.15) is 5.82 Å². The molecule has 0 aromatic heterocycles. The Labute approximate surface area is 154 Å². The van der Waals surface area contributed by atoms with E-state index in [2.05, 4.69) is 20.9 Å². The van der Waals surface area contributed by atoms with Crippen LogP contribution < -0.4 is 16.0 Å². The summed E-state index contributed by atoms with van der Waals surface area (Å²) in [6.45, 7) is 5.41. The van der Waals surface area contributed by atoms with Crippen molar-refractivity contribution in [2.45, 2.75) is 33.2 Å². The minimum Gasteiger partial charge on any atom is -0.356 e. The van der Waals surface area contributed by atoms with Crippen molar-refractivity contribution in [3.63, 3.8) is 0 Å². The minimum absolute atomic E-state index is 0. The molecule has 0 atom stereocenters. The van der Waals surface area contributed by atoms with Gasteiger partial charge in [-0.3, -0.25) is 9.79 Å². The van der Waals surface area contributed by atoms with Crippen LogP contribution in [0.2, 0.25) is 0 Å². The Hall–Kier alpha value is -1.38. The van der Waals surface area contributed by atoms with E-state index in [9.17, 15) is 9.18 Å². The third-order valence-corrected chi connectivity index (χ3v) is 3.14. The van der Waals surface area contributed by atoms with Crippen LogP contribution in [0.25, 0.3) is 0 Å². The number of aliphatic imine (C=N–C) groups is 1. The summed E-state index contributed by atoms with van der Waals surface area (Å²) in [4.78, 5) is 15.5. The quantitative estimate of drug-likeness (QED) is 0.349. The summed E-state index contributed by atoms with van der Waals surface area (Å²) in [5.41, 5.74) is 1.47. The molecule has 0 aliphatic rings. The number of carbonyl (C=O) groups excluding carboxylic acids is 1. The van der Waals surface area contributed by atoms with Crippen molar-refractivity contribution < 1.29 is 9.18 Å². The number of rotatable bonds is 7. The summed E-state index contributed by atoms with van der Waals surface area (Å²) in [7, 11) is 1.65. The van der Waals surface area contributed by atoms with Gasteiger partial charge in [-0.15, -0.1) is 24.0 Å². The Bertz CT molecular complexity index is 523. The zero-order valence-electron chi connectivity index (χ0n) is 13.9. The van der Waals surface area contributed by atoms with E-state index in [0.29, 0.717) is 37.6 Å². The Morgan fingerprint density at radius 1 is 1.22 bits per heavy atom. The van der Waals surface area contributed by atoms with Crippen LogP contribution in [0, 0.1) is 12.7 Å². The molecule has 23 heavy (non-hydrogen) atoms. The molecule has 0 radical (unpaired) electrons. The molecule has 0 spiro atoms. The first-order chi connectivity index (χ1) is 10.6. The first kappa shape index (κ1) is 21.6. The minimum atomic E-state index is -0.213. The van der Waals surface area contributed by atoms with E-state index in [4.69, 9.17) is 0 Å². The molecule has 130 valence electrons. The second-order valence-electron chi connectivity index (χ2n) is 5.04. The first-order valence-electron chi connectivity index (χ1n) is 7.53. The van der Waals surface area contributed by atoms with Crippen molar-refractivity contribution in [1.29, 1.82) is 0 Å². The predicted octanol–water partition coefficient (Wildman–Crippen LogP) is 2.33. The highest BCUT2D eigenvalue weighted by atomic mass is 127. The molecule has 0 unspecified atom stereocenters. The van der Waals surface area contributed by atoms with Gasteiger partial charge in [0.2, 0.25) is 5.91 Å². The van der Waals surface area contributed by atoms with Gasteiger partial charge in [-0.05, 0) is 30.5 Å². The summed E-state index contributed by atoms with van der Waals surface area (Å²) in [6, 6.07) is 5.13. The van der Waals surface area contributed by atoms with Crippen molar-refractivity contribution in [2.24, 2.45) is 4.99 Å². The van der Waals surface area contributed by atoms with E-state index in [1.807, 2.05) is 13.0 Å². The van der Waals surface area contributed by atoms with Gasteiger partial charge in [-0.25, -0.2) is 4.39 Å². The third kappa shape index (κ3) is 8.73. The maximum absolute atomic E-state index is 13.5. The molecule has 1 amide bonds. The number of guanidine groups is 1. The van der Waals surface area contributed by atoms with Gasteiger partial charge < -0.3 is 16.0 Å². The van der Waals surface area contributed by atoms with Crippen molar-refractivity contribution in [3.05, 3.63) is 35.1 Å². The molecule has 3 N–H and O–H groups in total. The lowest BCUT2D eigenvalue weighted by Gasteiger charge is -2.12. The number of benzene rings is 1. The van der Waals surface area contributed by atoms with E-state index in [1.54, 1.807) is 20.0 Å². The zero-order chi connectivity index (χ0) is 16.4. The van der Waals surface area contributed by atoms with Gasteiger partial charge in [-0.2, -0.15) is 0 Å². The van der Waals surface area contributed by atoms with Gasteiger partial charge in [0, 0.05) is 33.1 Å². The average molecular weight is 436 g/mol. The molecular formula is C16H26FIN4O. The molecule has 0 fully saturated rings. The number of carbonyl (C=O) groups is 1. The van der Waals surface area contributed by atoms with Crippen LogP contribution in [0.3, 0.4) is 0 Å². The Kier molecular flexibility index (Phi) is 11.4. The maximum atomic E-state index is 13.5. The van der Waals surface area contributed by atoms with E-state index in [1.165, 1.54) is 6.07 Å². The standard InChI is InChI=1S/C16H25FN4O.HI/c1-4-8-19-15(22)7-9-20-16(18-3)21-11-13-6-5-12(2)14(17)10-13;/h5-6,10H,4,7-9,11H2,1-3H3,(H,19,22)(H2,18,20,21);1H. The van der Waals surface area contributed by atoms with Crippen molar-refractivity contribution in [3.8, 4) is 0 Å². The molecule has 0 bridgehead atoms. The molecule has 0 aliphatic carbocycles. The zero-order valence-corrected chi connectivity index (χ0v) is 16.2. The highest BCUT2D eigenvalue weighted by Crippen LogP contribution is 2.08. The van der Waals surface area contributed by atoms with Crippen molar-refractivity contribution in [2.75, 3.05) is 20.1 Å². The number of amides is 1. The summed E-state index contributed by atoms with van der Waals surface area (Å²) in [5.74, 6) is 0.393. The normalized spacial score (nSPS) is 10.7. The molecule has 1 aromatic carbocycles. The van der Waals surface area contributed by atoms with Gasteiger partial charge in [0.25, 0.3) is 0 Å². The molecule has 1 aromatic rings. The summed E-state index contributed by atoms with van der Waals surface area (Å²) < 4.78 is 13.5. The lowest BCUT2D eigenvalue weighted by molar-refractivity contribution is -0.120. The van der Waals surface area contributed by atoms with Gasteiger partial charge in [0.15, 0.2) is 5.96 Å². The summed E-state index contributed by atoms with van der Waals surface area (Å²) >= 11 is 0. The van der Waals surface area contributed by atoms with Crippen LogP contribution >= 0.6 is 24.0 Å². The van der Waals surface area contributed by atoms with E-state index < -0.39 is 0 Å². The maximum Gasteiger partial charge on any atom is 0.221 e. The Morgan fingerprint density at radius 2 is 1.96 bits per heavy atom. The molecule has 7 heteroatoms. The van der Waals surface area contributed by atoms with Crippen LogP contribution in [-0.4, -0.2) is 32.0 Å².